The van der Waals surface area contributed by atoms with Gasteiger partial charge in [0.2, 0.25) is 5.95 Å². The van der Waals surface area contributed by atoms with E-state index in [1.165, 1.54) is 0 Å². The lowest BCUT2D eigenvalue weighted by molar-refractivity contribution is 0.529. The molecule has 0 saturated carbocycles. The molecule has 0 bridgehead atoms. The Morgan fingerprint density at radius 3 is 2.48 bits per heavy atom. The van der Waals surface area contributed by atoms with E-state index in [-0.39, 0.29) is 11.6 Å². The van der Waals surface area contributed by atoms with Crippen LogP contribution in [0, 0.1) is 11.3 Å². The molecule has 1 aliphatic rings. The van der Waals surface area contributed by atoms with Crippen LogP contribution >= 0.6 is 0 Å². The van der Waals surface area contributed by atoms with E-state index in [0.717, 1.165) is 30.9 Å². The van der Waals surface area contributed by atoms with Gasteiger partial charge >= 0.3 is 0 Å². The fourth-order valence-corrected chi connectivity index (χ4v) is 3.69. The monoisotopic (exact) mass is 386 g/mol. The molecule has 29 heavy (non-hydrogen) atoms. The third-order valence-corrected chi connectivity index (χ3v) is 5.33. The van der Waals surface area contributed by atoms with Gasteiger partial charge in [0.1, 0.15) is 0 Å². The summed E-state index contributed by atoms with van der Waals surface area (Å²) in [5.41, 5.74) is 3.22. The van der Waals surface area contributed by atoms with Gasteiger partial charge in [0.05, 0.1) is 17.3 Å². The molecule has 7 heteroatoms. The number of rotatable bonds is 3. The Morgan fingerprint density at radius 1 is 1.10 bits per heavy atom. The van der Waals surface area contributed by atoms with Crippen LogP contribution in [0.15, 0.2) is 59.7 Å². The van der Waals surface area contributed by atoms with E-state index in [0.29, 0.717) is 17.2 Å². The van der Waals surface area contributed by atoms with Crippen molar-refractivity contribution in [2.75, 3.05) is 29.4 Å². The molecule has 0 unspecified atom stereocenters. The highest BCUT2D eigenvalue weighted by Gasteiger charge is 2.27. The van der Waals surface area contributed by atoms with Crippen LogP contribution in [0.3, 0.4) is 0 Å². The molecule has 3 aromatic rings. The minimum atomic E-state index is -0.0801. The Balaban J connectivity index is 1.60. The molecule has 146 valence electrons. The van der Waals surface area contributed by atoms with Crippen molar-refractivity contribution in [1.29, 1.82) is 5.26 Å². The Labute approximate surface area is 169 Å². The predicted molar refractivity (Wildman–Crippen MR) is 113 cm³/mol. The molecule has 1 aliphatic heterocycles. The molecule has 1 aromatic carbocycles. The van der Waals surface area contributed by atoms with Crippen LogP contribution in [0.5, 0.6) is 0 Å². The molecule has 7 nitrogen and oxygen atoms in total. The average Bonchev–Trinajstić information content (AvgIpc) is 2.76. The molecular formula is C22H22N6O. The van der Waals surface area contributed by atoms with Crippen LogP contribution in [0.25, 0.3) is 11.3 Å². The van der Waals surface area contributed by atoms with Gasteiger partial charge in [-0.2, -0.15) is 5.26 Å². The first-order valence-corrected chi connectivity index (χ1v) is 9.57. The SMILES string of the molecule is C[C@@H]1CN(c2ccc(C#N)cc2)CCN1c1nc(-c2ccncc2)cc(=O)n1C. The van der Waals surface area contributed by atoms with E-state index in [1.54, 1.807) is 30.1 Å². The van der Waals surface area contributed by atoms with Crippen molar-refractivity contribution in [3.05, 3.63) is 70.8 Å². The molecular weight excluding hydrogens is 364 g/mol. The number of piperazine rings is 1. The minimum absolute atomic E-state index is 0.0801. The van der Waals surface area contributed by atoms with Crippen LogP contribution in [0.2, 0.25) is 0 Å². The van der Waals surface area contributed by atoms with Crippen molar-refractivity contribution >= 4 is 11.6 Å². The van der Waals surface area contributed by atoms with E-state index in [9.17, 15) is 4.79 Å². The third-order valence-electron chi connectivity index (χ3n) is 5.33. The van der Waals surface area contributed by atoms with Crippen LogP contribution < -0.4 is 15.4 Å². The Morgan fingerprint density at radius 2 is 1.83 bits per heavy atom. The first kappa shape index (κ1) is 18.7. The topological polar surface area (TPSA) is 78.1 Å². The molecule has 0 spiro atoms. The molecule has 1 fully saturated rings. The van der Waals surface area contributed by atoms with Gasteiger partial charge in [-0.1, -0.05) is 0 Å². The van der Waals surface area contributed by atoms with Crippen LogP contribution in [-0.2, 0) is 7.05 Å². The van der Waals surface area contributed by atoms with Gasteiger partial charge in [-0.25, -0.2) is 4.98 Å². The third kappa shape index (κ3) is 3.69. The maximum absolute atomic E-state index is 12.6. The first-order chi connectivity index (χ1) is 14.1. The van der Waals surface area contributed by atoms with E-state index in [2.05, 4.69) is 27.8 Å². The maximum atomic E-state index is 12.6. The maximum Gasteiger partial charge on any atom is 0.255 e. The lowest BCUT2D eigenvalue weighted by Gasteiger charge is -2.42. The van der Waals surface area contributed by atoms with Crippen molar-refractivity contribution in [3.8, 4) is 17.3 Å². The van der Waals surface area contributed by atoms with Crippen LogP contribution in [0.4, 0.5) is 11.6 Å². The number of anilines is 2. The fourth-order valence-electron chi connectivity index (χ4n) is 3.69. The highest BCUT2D eigenvalue weighted by Crippen LogP contribution is 2.24. The van der Waals surface area contributed by atoms with Crippen molar-refractivity contribution in [2.45, 2.75) is 13.0 Å². The summed E-state index contributed by atoms with van der Waals surface area (Å²) in [6, 6.07) is 15.3. The average molecular weight is 386 g/mol. The second kappa shape index (κ2) is 7.76. The number of nitrogens with zero attached hydrogens (tertiary/aromatic N) is 6. The van der Waals surface area contributed by atoms with Gasteiger partial charge in [0.15, 0.2) is 0 Å². The van der Waals surface area contributed by atoms with Crippen LogP contribution in [0.1, 0.15) is 12.5 Å². The van der Waals surface area contributed by atoms with E-state index >= 15 is 0 Å². The highest BCUT2D eigenvalue weighted by molar-refractivity contribution is 5.60. The van der Waals surface area contributed by atoms with Crippen molar-refractivity contribution in [1.82, 2.24) is 14.5 Å². The molecule has 1 saturated heterocycles. The van der Waals surface area contributed by atoms with Crippen LogP contribution in [-0.4, -0.2) is 40.2 Å². The number of hydrogen-bond donors (Lipinski definition) is 0. The largest absolute Gasteiger partial charge is 0.368 e. The second-order valence-electron chi connectivity index (χ2n) is 7.22. The quantitative estimate of drug-likeness (QED) is 0.688. The lowest BCUT2D eigenvalue weighted by atomic mass is 10.1. The molecule has 0 amide bonds. The Kier molecular flexibility index (Phi) is 5.00. The minimum Gasteiger partial charge on any atom is -0.368 e. The van der Waals surface area contributed by atoms with Gasteiger partial charge < -0.3 is 9.80 Å². The number of benzene rings is 1. The lowest BCUT2D eigenvalue weighted by Crippen LogP contribution is -2.53. The highest BCUT2D eigenvalue weighted by atomic mass is 16.1. The summed E-state index contributed by atoms with van der Waals surface area (Å²) in [5, 5.41) is 8.99. The van der Waals surface area contributed by atoms with E-state index < -0.39 is 0 Å². The van der Waals surface area contributed by atoms with Crippen molar-refractivity contribution < 1.29 is 0 Å². The summed E-state index contributed by atoms with van der Waals surface area (Å²) in [7, 11) is 1.76. The summed E-state index contributed by atoms with van der Waals surface area (Å²) in [6.45, 7) is 4.51. The fraction of sp³-hybridized carbons (Fsp3) is 0.273. The van der Waals surface area contributed by atoms with Crippen molar-refractivity contribution in [2.24, 2.45) is 7.05 Å². The van der Waals surface area contributed by atoms with Gasteiger partial charge in [0.25, 0.3) is 5.56 Å². The number of pyridine rings is 1. The summed E-state index contributed by atoms with van der Waals surface area (Å²) in [6.07, 6.45) is 3.40. The van der Waals surface area contributed by atoms with Gasteiger partial charge in [-0.05, 0) is 43.3 Å². The Bertz CT molecular complexity index is 1100. The summed E-state index contributed by atoms with van der Waals surface area (Å²) in [4.78, 5) is 25.9. The Hall–Kier alpha value is -3.66. The normalized spacial score (nSPS) is 16.5. The number of nitriles is 1. The van der Waals surface area contributed by atoms with E-state index in [4.69, 9.17) is 10.2 Å². The zero-order chi connectivity index (χ0) is 20.4. The second-order valence-corrected chi connectivity index (χ2v) is 7.22. The van der Waals surface area contributed by atoms with E-state index in [1.807, 2.05) is 36.4 Å². The number of hydrogen-bond acceptors (Lipinski definition) is 6. The standard InChI is InChI=1S/C22H22N6O/c1-16-15-27(19-5-3-17(14-23)4-6-19)11-12-28(16)22-25-20(13-21(29)26(22)2)18-7-9-24-10-8-18/h3-10,13,16H,11-12,15H2,1-2H3/t16-/m1/s1. The summed E-state index contributed by atoms with van der Waals surface area (Å²) >= 11 is 0. The molecule has 2 aromatic heterocycles. The smallest absolute Gasteiger partial charge is 0.255 e. The zero-order valence-corrected chi connectivity index (χ0v) is 16.5. The van der Waals surface area contributed by atoms with Crippen molar-refractivity contribution in [3.63, 3.8) is 0 Å². The summed E-state index contributed by atoms with van der Waals surface area (Å²) < 4.78 is 1.61. The molecule has 4 rings (SSSR count). The molecule has 0 N–H and O–H groups in total. The predicted octanol–water partition coefficient (Wildman–Crippen LogP) is 2.43. The van der Waals surface area contributed by atoms with Gasteiger partial charge in [-0.3, -0.25) is 14.3 Å². The summed E-state index contributed by atoms with van der Waals surface area (Å²) in [5.74, 6) is 0.677. The first-order valence-electron chi connectivity index (χ1n) is 9.57. The van der Waals surface area contributed by atoms with Gasteiger partial charge in [-0.15, -0.1) is 0 Å². The zero-order valence-electron chi connectivity index (χ0n) is 16.5. The molecule has 0 radical (unpaired) electrons. The molecule has 1 atom stereocenters. The van der Waals surface area contributed by atoms with Gasteiger partial charge in [0, 0.05) is 62.4 Å². The molecule has 0 aliphatic carbocycles. The number of aromatic nitrogens is 3. The molecule has 3 heterocycles.